The number of primary amides is 1. The summed E-state index contributed by atoms with van der Waals surface area (Å²) in [5.41, 5.74) is 9.47. The summed E-state index contributed by atoms with van der Waals surface area (Å²) in [6, 6.07) is 13.5. The van der Waals surface area contributed by atoms with Gasteiger partial charge >= 0.3 is 0 Å². The summed E-state index contributed by atoms with van der Waals surface area (Å²) in [5.74, 6) is -0.939. The van der Waals surface area contributed by atoms with Gasteiger partial charge in [-0.3, -0.25) is 9.59 Å². The first-order valence-corrected chi connectivity index (χ1v) is 10.7. The van der Waals surface area contributed by atoms with E-state index in [4.69, 9.17) is 5.73 Å². The maximum atomic E-state index is 13.7. The largest absolute Gasteiger partial charge is 0.369 e. The predicted molar refractivity (Wildman–Crippen MR) is 126 cm³/mol. The van der Waals surface area contributed by atoms with E-state index in [1.807, 2.05) is 43.3 Å². The molecule has 2 amide bonds. The Morgan fingerprint density at radius 2 is 1.91 bits per heavy atom. The highest BCUT2D eigenvalue weighted by atomic mass is 16.2. The van der Waals surface area contributed by atoms with Crippen molar-refractivity contribution in [1.82, 2.24) is 25.3 Å². The minimum Gasteiger partial charge on any atom is -0.369 e. The number of para-hydroxylation sites is 2. The molecule has 0 radical (unpaired) electrons. The van der Waals surface area contributed by atoms with Crippen molar-refractivity contribution in [2.75, 3.05) is 36.0 Å². The zero-order valence-corrected chi connectivity index (χ0v) is 18.1. The number of rotatable bonds is 5. The van der Waals surface area contributed by atoms with Gasteiger partial charge < -0.3 is 25.9 Å². The summed E-state index contributed by atoms with van der Waals surface area (Å²) in [7, 11) is 0. The van der Waals surface area contributed by atoms with Gasteiger partial charge in [-0.25, -0.2) is 14.9 Å². The van der Waals surface area contributed by atoms with E-state index in [2.05, 4.69) is 36.2 Å². The number of amides is 2. The number of anilines is 3. The quantitative estimate of drug-likeness (QED) is 0.372. The van der Waals surface area contributed by atoms with Gasteiger partial charge in [0.25, 0.3) is 11.8 Å². The Balaban J connectivity index is 1.61. The Hall–Kier alpha value is -4.18. The lowest BCUT2D eigenvalue weighted by molar-refractivity contribution is 0.0961. The second-order valence-electron chi connectivity index (χ2n) is 7.92. The number of nitrogens with zero attached hydrogens (tertiary/aromatic N) is 4. The SMILES string of the molecule is Cc1cc(N2CCNCC2)ccc1N(C(=O)c1nc[nH]c1C(N)=O)c1nc2ccccc2[nH]1. The zero-order valence-electron chi connectivity index (χ0n) is 18.1. The molecule has 0 unspecified atom stereocenters. The predicted octanol–water partition coefficient (Wildman–Crippen LogP) is 2.08. The van der Waals surface area contributed by atoms with E-state index in [0.717, 1.165) is 48.5 Å². The zero-order chi connectivity index (χ0) is 22.9. The van der Waals surface area contributed by atoms with E-state index in [9.17, 15) is 9.59 Å². The smallest absolute Gasteiger partial charge is 0.286 e. The van der Waals surface area contributed by atoms with Crippen LogP contribution in [0.25, 0.3) is 11.0 Å². The molecule has 33 heavy (non-hydrogen) atoms. The summed E-state index contributed by atoms with van der Waals surface area (Å²) in [6.45, 7) is 5.64. The molecule has 1 aliphatic heterocycles. The number of imidazole rings is 2. The van der Waals surface area contributed by atoms with E-state index in [1.54, 1.807) is 0 Å². The minimum absolute atomic E-state index is 0.0452. The number of carbonyl (C=O) groups is 2. The molecule has 0 aliphatic carbocycles. The summed E-state index contributed by atoms with van der Waals surface area (Å²) in [5, 5.41) is 3.35. The number of hydrogen-bond donors (Lipinski definition) is 4. The second-order valence-corrected chi connectivity index (χ2v) is 7.92. The van der Waals surface area contributed by atoms with E-state index in [1.165, 1.54) is 11.2 Å². The van der Waals surface area contributed by atoms with Gasteiger partial charge in [-0.1, -0.05) is 12.1 Å². The number of hydrogen-bond acceptors (Lipinski definition) is 6. The Kier molecular flexibility index (Phi) is 5.27. The van der Waals surface area contributed by atoms with Crippen LogP contribution in [0.2, 0.25) is 0 Å². The van der Waals surface area contributed by atoms with Gasteiger partial charge in [0.05, 0.1) is 23.0 Å². The molecule has 3 heterocycles. The molecule has 1 saturated heterocycles. The third-order valence-electron chi connectivity index (χ3n) is 5.78. The number of aromatic nitrogens is 4. The van der Waals surface area contributed by atoms with Crippen LogP contribution < -0.4 is 20.9 Å². The number of aryl methyl sites for hydroxylation is 1. The molecule has 10 heteroatoms. The second kappa shape index (κ2) is 8.40. The van der Waals surface area contributed by atoms with Crippen molar-refractivity contribution in [1.29, 1.82) is 0 Å². The van der Waals surface area contributed by atoms with Crippen LogP contribution in [0.15, 0.2) is 48.8 Å². The van der Waals surface area contributed by atoms with Gasteiger partial charge in [0.2, 0.25) is 5.95 Å². The Morgan fingerprint density at radius 1 is 1.12 bits per heavy atom. The number of carbonyl (C=O) groups excluding carboxylic acids is 2. The van der Waals surface area contributed by atoms with Gasteiger partial charge in [-0.15, -0.1) is 0 Å². The highest BCUT2D eigenvalue weighted by molar-refractivity contribution is 6.14. The lowest BCUT2D eigenvalue weighted by atomic mass is 10.1. The van der Waals surface area contributed by atoms with Crippen LogP contribution in [0, 0.1) is 6.92 Å². The highest BCUT2D eigenvalue weighted by Gasteiger charge is 2.29. The fourth-order valence-corrected chi connectivity index (χ4v) is 4.13. The van der Waals surface area contributed by atoms with Crippen molar-refractivity contribution in [2.45, 2.75) is 6.92 Å². The van der Waals surface area contributed by atoms with Gasteiger partial charge in [0.1, 0.15) is 5.69 Å². The Labute approximate surface area is 189 Å². The van der Waals surface area contributed by atoms with Crippen molar-refractivity contribution < 1.29 is 9.59 Å². The first-order valence-electron chi connectivity index (χ1n) is 10.7. The van der Waals surface area contributed by atoms with Crippen LogP contribution in [0.4, 0.5) is 17.3 Å². The first-order chi connectivity index (χ1) is 16.0. The van der Waals surface area contributed by atoms with Crippen LogP contribution in [0.1, 0.15) is 26.5 Å². The number of fused-ring (bicyclic) bond motifs is 1. The maximum Gasteiger partial charge on any atom is 0.286 e. The van der Waals surface area contributed by atoms with Crippen LogP contribution in [-0.2, 0) is 0 Å². The van der Waals surface area contributed by atoms with Crippen LogP contribution in [0.3, 0.4) is 0 Å². The number of benzene rings is 2. The molecule has 0 saturated carbocycles. The molecule has 1 fully saturated rings. The van der Waals surface area contributed by atoms with E-state index >= 15 is 0 Å². The molecule has 0 atom stereocenters. The topological polar surface area (TPSA) is 136 Å². The van der Waals surface area contributed by atoms with Crippen LogP contribution in [0.5, 0.6) is 0 Å². The Bertz CT molecular complexity index is 1300. The molecule has 1 aliphatic rings. The molecule has 2 aromatic heterocycles. The third kappa shape index (κ3) is 3.80. The molecule has 2 aromatic carbocycles. The third-order valence-corrected chi connectivity index (χ3v) is 5.78. The van der Waals surface area contributed by atoms with E-state index in [-0.39, 0.29) is 11.4 Å². The number of piperazine rings is 1. The number of nitrogens with one attached hydrogen (secondary N) is 3. The fourth-order valence-electron chi connectivity index (χ4n) is 4.13. The lowest BCUT2D eigenvalue weighted by Gasteiger charge is -2.30. The van der Waals surface area contributed by atoms with Crippen molar-refractivity contribution >= 4 is 40.2 Å². The molecule has 4 aromatic rings. The molecule has 5 rings (SSSR count). The van der Waals surface area contributed by atoms with Crippen molar-refractivity contribution in [3.05, 3.63) is 65.7 Å². The van der Waals surface area contributed by atoms with Crippen molar-refractivity contribution in [3.63, 3.8) is 0 Å². The molecule has 0 spiro atoms. The van der Waals surface area contributed by atoms with E-state index in [0.29, 0.717) is 11.6 Å². The highest BCUT2D eigenvalue weighted by Crippen LogP contribution is 2.32. The van der Waals surface area contributed by atoms with E-state index < -0.39 is 11.8 Å². The first kappa shape index (κ1) is 20.7. The van der Waals surface area contributed by atoms with Crippen LogP contribution in [-0.4, -0.2) is 57.9 Å². The maximum absolute atomic E-state index is 13.7. The summed E-state index contributed by atoms with van der Waals surface area (Å²) in [6.07, 6.45) is 1.28. The minimum atomic E-state index is -0.758. The van der Waals surface area contributed by atoms with Gasteiger partial charge in [0.15, 0.2) is 5.69 Å². The van der Waals surface area contributed by atoms with Crippen LogP contribution >= 0.6 is 0 Å². The lowest BCUT2D eigenvalue weighted by Crippen LogP contribution is -2.43. The number of H-pyrrole nitrogens is 2. The summed E-state index contributed by atoms with van der Waals surface area (Å²) < 4.78 is 0. The van der Waals surface area contributed by atoms with Crippen molar-refractivity contribution in [3.8, 4) is 0 Å². The average Bonchev–Trinajstić information content (AvgIpc) is 3.48. The number of aromatic amines is 2. The number of nitrogens with two attached hydrogens (primary N) is 1. The molecule has 10 nitrogen and oxygen atoms in total. The normalized spacial score (nSPS) is 13.9. The van der Waals surface area contributed by atoms with Gasteiger partial charge in [-0.2, -0.15) is 0 Å². The molecule has 168 valence electrons. The monoisotopic (exact) mass is 444 g/mol. The molecular weight excluding hydrogens is 420 g/mol. The fraction of sp³-hybridized carbons (Fsp3) is 0.217. The van der Waals surface area contributed by atoms with Gasteiger partial charge in [0, 0.05) is 31.9 Å². The van der Waals surface area contributed by atoms with Gasteiger partial charge in [-0.05, 0) is 42.8 Å². The standard InChI is InChI=1S/C23H24N8O2/c1-14-12-15(30-10-8-25-9-11-30)6-7-18(14)31(22(33)20-19(21(24)32)26-13-27-20)23-28-16-4-2-3-5-17(16)29-23/h2-7,12-13,25H,8-11H2,1H3,(H2,24,32)(H,26,27)(H,28,29). The van der Waals surface area contributed by atoms with Crippen molar-refractivity contribution in [2.24, 2.45) is 5.73 Å². The summed E-state index contributed by atoms with van der Waals surface area (Å²) in [4.78, 5) is 43.9. The average molecular weight is 444 g/mol. The summed E-state index contributed by atoms with van der Waals surface area (Å²) >= 11 is 0. The molecular formula is C23H24N8O2. The Morgan fingerprint density at radius 3 is 2.64 bits per heavy atom. The molecule has 0 bridgehead atoms. The molecule has 5 N–H and O–H groups in total.